The largest absolute Gasteiger partial charge is 0.469 e. The van der Waals surface area contributed by atoms with Crippen LogP contribution in [0.25, 0.3) is 0 Å². The molecule has 2 heterocycles. The summed E-state index contributed by atoms with van der Waals surface area (Å²) in [6.07, 6.45) is 5.83. The monoisotopic (exact) mass is 388 g/mol. The number of rotatable bonds is 4. The summed E-state index contributed by atoms with van der Waals surface area (Å²) < 4.78 is 32.6. The van der Waals surface area contributed by atoms with E-state index in [-0.39, 0.29) is 29.3 Å². The third kappa shape index (κ3) is 3.66. The van der Waals surface area contributed by atoms with Crippen molar-refractivity contribution in [1.29, 1.82) is 0 Å². The van der Waals surface area contributed by atoms with Crippen molar-refractivity contribution < 1.29 is 17.6 Å². The Hall–Kier alpha value is -2.12. The molecule has 4 rings (SSSR count). The Kier molecular flexibility index (Phi) is 5.06. The molecule has 0 bridgehead atoms. The molecular weight excluding hydrogens is 364 g/mol. The molecule has 1 N–H and O–H groups in total. The molecule has 1 aliphatic carbocycles. The minimum absolute atomic E-state index is 0.0406. The molecule has 1 amide bonds. The number of carbonyl (C=O) groups excluding carboxylic acids is 1. The summed E-state index contributed by atoms with van der Waals surface area (Å²) in [5.74, 6) is 0.556. The second-order valence-corrected chi connectivity index (χ2v) is 9.21. The zero-order valence-electron chi connectivity index (χ0n) is 15.1. The van der Waals surface area contributed by atoms with Crippen molar-refractivity contribution >= 4 is 15.9 Å². The van der Waals surface area contributed by atoms with Gasteiger partial charge in [-0.2, -0.15) is 4.31 Å². The average molecular weight is 388 g/mol. The molecule has 0 saturated carbocycles. The second kappa shape index (κ2) is 7.48. The van der Waals surface area contributed by atoms with E-state index in [0.717, 1.165) is 30.6 Å². The van der Waals surface area contributed by atoms with Gasteiger partial charge in [-0.25, -0.2) is 8.42 Å². The van der Waals surface area contributed by atoms with Crippen molar-refractivity contribution in [2.75, 3.05) is 13.1 Å². The van der Waals surface area contributed by atoms with Crippen molar-refractivity contribution in [2.45, 2.75) is 43.0 Å². The quantitative estimate of drug-likeness (QED) is 0.873. The van der Waals surface area contributed by atoms with Crippen LogP contribution >= 0.6 is 0 Å². The van der Waals surface area contributed by atoms with Gasteiger partial charge < -0.3 is 9.73 Å². The maximum atomic E-state index is 12.9. The number of furan rings is 1. The number of hydrogen-bond donors (Lipinski definition) is 1. The number of sulfonamides is 1. The van der Waals surface area contributed by atoms with Gasteiger partial charge in [0.25, 0.3) is 0 Å². The molecule has 2 unspecified atom stereocenters. The van der Waals surface area contributed by atoms with E-state index in [9.17, 15) is 13.2 Å². The molecule has 7 heteroatoms. The van der Waals surface area contributed by atoms with Gasteiger partial charge in [0.2, 0.25) is 15.9 Å². The van der Waals surface area contributed by atoms with Crippen LogP contribution in [-0.2, 0) is 21.2 Å². The fourth-order valence-corrected chi connectivity index (χ4v) is 5.59. The highest BCUT2D eigenvalue weighted by Crippen LogP contribution is 2.31. The molecule has 1 fully saturated rings. The van der Waals surface area contributed by atoms with Crippen LogP contribution < -0.4 is 5.32 Å². The van der Waals surface area contributed by atoms with Gasteiger partial charge in [0.15, 0.2) is 0 Å². The lowest BCUT2D eigenvalue weighted by Gasteiger charge is -2.32. The number of nitrogens with one attached hydrogen (secondary N) is 1. The first-order chi connectivity index (χ1) is 13.1. The summed E-state index contributed by atoms with van der Waals surface area (Å²) in [5.41, 5.74) is 1.05. The Morgan fingerprint density at radius 2 is 1.93 bits per heavy atom. The molecule has 2 aliphatic rings. The molecule has 27 heavy (non-hydrogen) atoms. The van der Waals surface area contributed by atoms with E-state index in [2.05, 4.69) is 5.32 Å². The van der Waals surface area contributed by atoms with Crippen LogP contribution in [0.1, 0.15) is 43.0 Å². The van der Waals surface area contributed by atoms with E-state index in [1.54, 1.807) is 36.6 Å². The SMILES string of the molecule is O=C(NC1CCCc2occc21)C1CCCN(S(=O)(=O)c2ccccc2)C1. The molecule has 6 nitrogen and oxygen atoms in total. The first-order valence-electron chi connectivity index (χ1n) is 9.47. The lowest BCUT2D eigenvalue weighted by Crippen LogP contribution is -2.46. The van der Waals surface area contributed by atoms with E-state index in [1.165, 1.54) is 4.31 Å². The molecule has 1 aromatic carbocycles. The Balaban J connectivity index is 1.45. The van der Waals surface area contributed by atoms with Crippen LogP contribution in [0.4, 0.5) is 0 Å². The zero-order valence-corrected chi connectivity index (χ0v) is 16.0. The number of aryl methyl sites for hydroxylation is 1. The standard InChI is InChI=1S/C20H24N2O4S/c23-20(21-18-9-4-10-19-17(18)11-13-26-19)15-6-5-12-22(14-15)27(24,25)16-7-2-1-3-8-16/h1-3,7-8,11,13,15,18H,4-6,9-10,12,14H2,(H,21,23). The van der Waals surface area contributed by atoms with E-state index >= 15 is 0 Å². The maximum absolute atomic E-state index is 12.9. The predicted molar refractivity (Wildman–Crippen MR) is 100 cm³/mol. The zero-order chi connectivity index (χ0) is 18.9. The van der Waals surface area contributed by atoms with Gasteiger partial charge in [-0.3, -0.25) is 4.79 Å². The summed E-state index contributed by atoms with van der Waals surface area (Å²) in [6.45, 7) is 0.685. The van der Waals surface area contributed by atoms with Gasteiger partial charge in [0.1, 0.15) is 5.76 Å². The first-order valence-corrected chi connectivity index (χ1v) is 10.9. The third-order valence-electron chi connectivity index (χ3n) is 5.50. The van der Waals surface area contributed by atoms with E-state index in [4.69, 9.17) is 4.42 Å². The van der Waals surface area contributed by atoms with Gasteiger partial charge in [-0.05, 0) is 43.9 Å². The fourth-order valence-electron chi connectivity index (χ4n) is 4.04. The first kappa shape index (κ1) is 18.3. The van der Waals surface area contributed by atoms with Gasteiger partial charge >= 0.3 is 0 Å². The highest BCUT2D eigenvalue weighted by atomic mass is 32.2. The fraction of sp³-hybridized carbons (Fsp3) is 0.450. The predicted octanol–water partition coefficient (Wildman–Crippen LogP) is 2.87. The molecule has 2 atom stereocenters. The number of fused-ring (bicyclic) bond motifs is 1. The number of nitrogens with zero attached hydrogens (tertiary/aromatic N) is 1. The minimum Gasteiger partial charge on any atom is -0.469 e. The van der Waals surface area contributed by atoms with Crippen LogP contribution in [0.3, 0.4) is 0 Å². The van der Waals surface area contributed by atoms with Crippen LogP contribution in [0.15, 0.2) is 52.0 Å². The van der Waals surface area contributed by atoms with Crippen LogP contribution in [-0.4, -0.2) is 31.7 Å². The smallest absolute Gasteiger partial charge is 0.243 e. The summed E-state index contributed by atoms with van der Waals surface area (Å²) in [5, 5.41) is 3.12. The normalized spacial score (nSPS) is 23.6. The maximum Gasteiger partial charge on any atom is 0.243 e. The number of benzene rings is 1. The molecule has 0 radical (unpaired) electrons. The van der Waals surface area contributed by atoms with Crippen molar-refractivity contribution in [2.24, 2.45) is 5.92 Å². The lowest BCUT2D eigenvalue weighted by atomic mass is 9.92. The summed E-state index contributed by atoms with van der Waals surface area (Å²) in [6, 6.07) is 10.3. The molecule has 1 saturated heterocycles. The van der Waals surface area contributed by atoms with Gasteiger partial charge in [0, 0.05) is 25.1 Å². The van der Waals surface area contributed by atoms with Gasteiger partial charge in [-0.1, -0.05) is 18.2 Å². The Bertz CT molecular complexity index is 907. The molecule has 144 valence electrons. The van der Waals surface area contributed by atoms with Gasteiger partial charge in [0.05, 0.1) is 23.1 Å². The highest BCUT2D eigenvalue weighted by molar-refractivity contribution is 7.89. The van der Waals surface area contributed by atoms with Crippen molar-refractivity contribution in [1.82, 2.24) is 9.62 Å². The highest BCUT2D eigenvalue weighted by Gasteiger charge is 2.34. The lowest BCUT2D eigenvalue weighted by molar-refractivity contribution is -0.127. The topological polar surface area (TPSA) is 79.6 Å². The van der Waals surface area contributed by atoms with E-state index in [1.807, 2.05) is 6.07 Å². The second-order valence-electron chi connectivity index (χ2n) is 7.27. The molecule has 1 aromatic heterocycles. The number of piperidine rings is 1. The molecular formula is C20H24N2O4S. The average Bonchev–Trinajstić information content (AvgIpc) is 3.19. The molecule has 2 aromatic rings. The molecule has 1 aliphatic heterocycles. The number of carbonyl (C=O) groups is 1. The van der Waals surface area contributed by atoms with Crippen molar-refractivity contribution in [3.05, 3.63) is 54.0 Å². The third-order valence-corrected chi connectivity index (χ3v) is 7.38. The number of hydrogen-bond acceptors (Lipinski definition) is 4. The van der Waals surface area contributed by atoms with Crippen LogP contribution in [0.5, 0.6) is 0 Å². The summed E-state index contributed by atoms with van der Waals surface area (Å²) in [4.78, 5) is 13.1. The van der Waals surface area contributed by atoms with E-state index in [0.29, 0.717) is 19.4 Å². The Labute approximate surface area is 159 Å². The van der Waals surface area contributed by atoms with E-state index < -0.39 is 10.0 Å². The van der Waals surface area contributed by atoms with Crippen molar-refractivity contribution in [3.63, 3.8) is 0 Å². The van der Waals surface area contributed by atoms with Crippen LogP contribution in [0.2, 0.25) is 0 Å². The Morgan fingerprint density at radius 3 is 2.74 bits per heavy atom. The Morgan fingerprint density at radius 1 is 1.11 bits per heavy atom. The summed E-state index contributed by atoms with van der Waals surface area (Å²) >= 11 is 0. The summed E-state index contributed by atoms with van der Waals surface area (Å²) in [7, 11) is -3.56. The number of amides is 1. The van der Waals surface area contributed by atoms with Crippen LogP contribution in [0, 0.1) is 5.92 Å². The molecule has 0 spiro atoms. The van der Waals surface area contributed by atoms with Gasteiger partial charge in [-0.15, -0.1) is 0 Å². The minimum atomic E-state index is -3.56. The van der Waals surface area contributed by atoms with Crippen molar-refractivity contribution in [3.8, 4) is 0 Å².